The zero-order chi connectivity index (χ0) is 13.8. The molecule has 5 nitrogen and oxygen atoms in total. The quantitative estimate of drug-likeness (QED) is 0.787. The van der Waals surface area contributed by atoms with Crippen LogP contribution in [-0.4, -0.2) is 30.3 Å². The smallest absolute Gasteiger partial charge is 0.344 e. The van der Waals surface area contributed by atoms with Gasteiger partial charge in [0.1, 0.15) is 11.5 Å². The van der Waals surface area contributed by atoms with Gasteiger partial charge >= 0.3 is 5.97 Å². The minimum Gasteiger partial charge on any atom is -0.497 e. The van der Waals surface area contributed by atoms with Crippen molar-refractivity contribution in [2.24, 2.45) is 0 Å². The molecule has 2 rings (SSSR count). The summed E-state index contributed by atoms with van der Waals surface area (Å²) in [6.45, 7) is 2.19. The summed E-state index contributed by atoms with van der Waals surface area (Å²) in [6, 6.07) is 6.07. The molecule has 0 saturated heterocycles. The summed E-state index contributed by atoms with van der Waals surface area (Å²) in [4.78, 5) is 10.9. The molecule has 5 heteroatoms. The molecule has 0 amide bonds. The highest BCUT2D eigenvalue weighted by atomic mass is 16.5. The monoisotopic (exact) mass is 265 g/mol. The Kier molecular flexibility index (Phi) is 4.27. The average Bonchev–Trinajstić information content (AvgIpc) is 3.21. The van der Waals surface area contributed by atoms with E-state index in [0.29, 0.717) is 24.1 Å². The van der Waals surface area contributed by atoms with E-state index in [2.05, 4.69) is 5.32 Å². The zero-order valence-electron chi connectivity index (χ0n) is 11.2. The number of benzene rings is 1. The summed E-state index contributed by atoms with van der Waals surface area (Å²) < 4.78 is 10.6. The Morgan fingerprint density at radius 2 is 2.26 bits per heavy atom. The van der Waals surface area contributed by atoms with Gasteiger partial charge in [0.25, 0.3) is 0 Å². The molecule has 2 N–H and O–H groups in total. The summed E-state index contributed by atoms with van der Waals surface area (Å²) in [5.74, 6) is 0.231. The van der Waals surface area contributed by atoms with Gasteiger partial charge in [-0.25, -0.2) is 4.79 Å². The molecule has 104 valence electrons. The Morgan fingerprint density at radius 1 is 1.53 bits per heavy atom. The van der Waals surface area contributed by atoms with Crippen LogP contribution in [0.25, 0.3) is 0 Å². The van der Waals surface area contributed by atoms with Gasteiger partial charge in [0.15, 0.2) is 6.10 Å². The topological polar surface area (TPSA) is 67.8 Å². The fraction of sp³-hybridized carbons (Fsp3) is 0.500. The van der Waals surface area contributed by atoms with E-state index >= 15 is 0 Å². The van der Waals surface area contributed by atoms with Crippen LogP contribution in [0.5, 0.6) is 11.5 Å². The van der Waals surface area contributed by atoms with E-state index in [9.17, 15) is 4.79 Å². The molecule has 19 heavy (non-hydrogen) atoms. The Bertz CT molecular complexity index is 457. The number of nitrogens with one attached hydrogen (secondary N) is 1. The number of rotatable bonds is 7. The van der Waals surface area contributed by atoms with Gasteiger partial charge in [-0.3, -0.25) is 0 Å². The third-order valence-electron chi connectivity index (χ3n) is 3.08. The third kappa shape index (κ3) is 3.86. The number of hydrogen-bond donors (Lipinski definition) is 2. The lowest BCUT2D eigenvalue weighted by Crippen LogP contribution is -2.24. The lowest BCUT2D eigenvalue weighted by molar-refractivity contribution is -0.144. The highest BCUT2D eigenvalue weighted by Gasteiger charge is 2.21. The predicted octanol–water partition coefficient (Wildman–Crippen LogP) is 1.80. The fourth-order valence-corrected chi connectivity index (χ4v) is 1.70. The normalized spacial score (nSPS) is 15.9. The highest BCUT2D eigenvalue weighted by Crippen LogP contribution is 2.27. The SMILES string of the molecule is COc1ccc(CNC2CC2)c(OC(C)C(=O)O)c1. The molecule has 1 aliphatic carbocycles. The van der Waals surface area contributed by atoms with Crippen LogP contribution in [0.4, 0.5) is 0 Å². The Hall–Kier alpha value is -1.75. The van der Waals surface area contributed by atoms with Gasteiger partial charge in [-0.15, -0.1) is 0 Å². The van der Waals surface area contributed by atoms with Gasteiger partial charge in [0, 0.05) is 24.2 Å². The molecule has 0 aliphatic heterocycles. The molecular weight excluding hydrogens is 246 g/mol. The second kappa shape index (κ2) is 5.93. The highest BCUT2D eigenvalue weighted by molar-refractivity contribution is 5.72. The minimum absolute atomic E-state index is 0.558. The number of aliphatic carboxylic acids is 1. The summed E-state index contributed by atoms with van der Waals surface area (Å²) in [5, 5.41) is 12.3. The van der Waals surface area contributed by atoms with Gasteiger partial charge in [0.2, 0.25) is 0 Å². The van der Waals surface area contributed by atoms with E-state index in [1.165, 1.54) is 19.8 Å². The lowest BCUT2D eigenvalue weighted by Gasteiger charge is -2.16. The van der Waals surface area contributed by atoms with Gasteiger partial charge in [0.05, 0.1) is 7.11 Å². The Morgan fingerprint density at radius 3 is 2.84 bits per heavy atom. The van der Waals surface area contributed by atoms with Crippen LogP contribution in [0.3, 0.4) is 0 Å². The lowest BCUT2D eigenvalue weighted by atomic mass is 10.2. The van der Waals surface area contributed by atoms with Crippen molar-refractivity contribution >= 4 is 5.97 Å². The van der Waals surface area contributed by atoms with Crippen molar-refractivity contribution < 1.29 is 19.4 Å². The minimum atomic E-state index is -0.982. The summed E-state index contributed by atoms with van der Waals surface area (Å²) in [7, 11) is 1.57. The number of carboxylic acid groups (broad SMARTS) is 1. The van der Waals surface area contributed by atoms with Crippen molar-refractivity contribution in [1.82, 2.24) is 5.32 Å². The van der Waals surface area contributed by atoms with Crippen molar-refractivity contribution in [3.63, 3.8) is 0 Å². The molecule has 0 spiro atoms. The zero-order valence-corrected chi connectivity index (χ0v) is 11.2. The van der Waals surface area contributed by atoms with Crippen LogP contribution >= 0.6 is 0 Å². The van der Waals surface area contributed by atoms with Crippen molar-refractivity contribution in [3.05, 3.63) is 23.8 Å². The maximum atomic E-state index is 10.9. The van der Waals surface area contributed by atoms with Gasteiger partial charge < -0.3 is 19.9 Å². The molecule has 1 fully saturated rings. The first kappa shape index (κ1) is 13.7. The van der Waals surface area contributed by atoms with Crippen LogP contribution in [-0.2, 0) is 11.3 Å². The second-order valence-electron chi connectivity index (χ2n) is 4.73. The van der Waals surface area contributed by atoms with E-state index in [1.54, 1.807) is 13.2 Å². The molecule has 1 unspecified atom stereocenters. The number of carbonyl (C=O) groups is 1. The first-order valence-corrected chi connectivity index (χ1v) is 6.40. The third-order valence-corrected chi connectivity index (χ3v) is 3.08. The predicted molar refractivity (Wildman–Crippen MR) is 70.6 cm³/mol. The van der Waals surface area contributed by atoms with Gasteiger partial charge in [-0.1, -0.05) is 6.07 Å². The van der Waals surface area contributed by atoms with Gasteiger partial charge in [-0.05, 0) is 25.8 Å². The molecule has 1 aromatic carbocycles. The van der Waals surface area contributed by atoms with E-state index in [1.807, 2.05) is 12.1 Å². The Labute approximate surface area is 112 Å². The molecule has 1 aromatic rings. The van der Waals surface area contributed by atoms with Gasteiger partial charge in [-0.2, -0.15) is 0 Å². The number of ether oxygens (including phenoxy) is 2. The molecule has 0 aromatic heterocycles. The molecule has 1 saturated carbocycles. The largest absolute Gasteiger partial charge is 0.497 e. The van der Waals surface area contributed by atoms with Crippen LogP contribution in [0.2, 0.25) is 0 Å². The van der Waals surface area contributed by atoms with E-state index in [-0.39, 0.29) is 0 Å². The second-order valence-corrected chi connectivity index (χ2v) is 4.73. The Balaban J connectivity index is 2.12. The van der Waals surface area contributed by atoms with Crippen molar-refractivity contribution in [3.8, 4) is 11.5 Å². The first-order valence-electron chi connectivity index (χ1n) is 6.40. The van der Waals surface area contributed by atoms with E-state index in [0.717, 1.165) is 5.56 Å². The molecule has 0 heterocycles. The number of hydrogen-bond acceptors (Lipinski definition) is 4. The maximum Gasteiger partial charge on any atom is 0.344 e. The van der Waals surface area contributed by atoms with Crippen LogP contribution in [0.1, 0.15) is 25.3 Å². The molecule has 0 radical (unpaired) electrons. The average molecular weight is 265 g/mol. The van der Waals surface area contributed by atoms with Crippen molar-refractivity contribution in [2.45, 2.75) is 38.5 Å². The van der Waals surface area contributed by atoms with Crippen LogP contribution in [0.15, 0.2) is 18.2 Å². The van der Waals surface area contributed by atoms with E-state index in [4.69, 9.17) is 14.6 Å². The first-order chi connectivity index (χ1) is 9.10. The van der Waals surface area contributed by atoms with Crippen molar-refractivity contribution in [2.75, 3.05) is 7.11 Å². The summed E-state index contributed by atoms with van der Waals surface area (Å²) >= 11 is 0. The molecule has 0 bridgehead atoms. The summed E-state index contributed by atoms with van der Waals surface area (Å²) in [5.41, 5.74) is 0.945. The maximum absolute atomic E-state index is 10.9. The summed E-state index contributed by atoms with van der Waals surface area (Å²) in [6.07, 6.45) is 1.53. The standard InChI is InChI=1S/C14H19NO4/c1-9(14(16)17)19-13-7-12(18-2)6-3-10(13)8-15-11-4-5-11/h3,6-7,9,11,15H,4-5,8H2,1-2H3,(H,16,17). The molecule has 1 atom stereocenters. The van der Waals surface area contributed by atoms with E-state index < -0.39 is 12.1 Å². The number of carboxylic acids is 1. The molecular formula is C14H19NO4. The van der Waals surface area contributed by atoms with Crippen LogP contribution < -0.4 is 14.8 Å². The fourth-order valence-electron chi connectivity index (χ4n) is 1.70. The van der Waals surface area contributed by atoms with Crippen molar-refractivity contribution in [1.29, 1.82) is 0 Å². The molecule has 1 aliphatic rings. The van der Waals surface area contributed by atoms with Crippen LogP contribution in [0, 0.1) is 0 Å². The number of methoxy groups -OCH3 is 1.